The van der Waals surface area contributed by atoms with Gasteiger partial charge in [0.25, 0.3) is 0 Å². The summed E-state index contributed by atoms with van der Waals surface area (Å²) in [4.78, 5) is 18.8. The Bertz CT molecular complexity index is 249. The normalized spacial score (nSPS) is 24.3. The molecule has 2 aliphatic heterocycles. The fraction of sp³-hybridized carbons (Fsp3) is 0.923. The Balaban J connectivity index is 1.88. The maximum Gasteiger partial charge on any atom is 0.320 e. The molecule has 0 spiro atoms. The molecule has 98 valence electrons. The molecule has 0 atom stereocenters. The topological polar surface area (TPSA) is 26.8 Å². The second kappa shape index (κ2) is 6.24. The molecule has 0 aliphatic carbocycles. The van der Waals surface area contributed by atoms with Gasteiger partial charge in [0.1, 0.15) is 0 Å². The third-order valence-electron chi connectivity index (χ3n) is 3.87. The number of urea groups is 1. The van der Waals surface area contributed by atoms with Crippen LogP contribution >= 0.6 is 0 Å². The van der Waals surface area contributed by atoms with Crippen LogP contribution in [0.25, 0.3) is 0 Å². The van der Waals surface area contributed by atoms with E-state index in [1.165, 1.54) is 25.7 Å². The predicted molar refractivity (Wildman–Crippen MR) is 69.1 cm³/mol. The molecule has 0 aromatic carbocycles. The summed E-state index contributed by atoms with van der Waals surface area (Å²) < 4.78 is 0. The van der Waals surface area contributed by atoms with Crippen LogP contribution in [0.2, 0.25) is 0 Å². The van der Waals surface area contributed by atoms with Gasteiger partial charge in [0.2, 0.25) is 0 Å². The molecule has 0 aromatic rings. The number of nitrogens with zero attached hydrogens (tertiary/aromatic N) is 3. The van der Waals surface area contributed by atoms with Gasteiger partial charge < -0.3 is 14.7 Å². The Labute approximate surface area is 105 Å². The van der Waals surface area contributed by atoms with Crippen molar-refractivity contribution in [2.45, 2.75) is 32.1 Å². The van der Waals surface area contributed by atoms with E-state index < -0.39 is 0 Å². The molecular formula is C13H25N3O. The molecule has 0 aromatic heterocycles. The van der Waals surface area contributed by atoms with Crippen LogP contribution in [0.5, 0.6) is 0 Å². The van der Waals surface area contributed by atoms with Gasteiger partial charge in [0.15, 0.2) is 0 Å². The third-order valence-corrected chi connectivity index (χ3v) is 3.87. The summed E-state index contributed by atoms with van der Waals surface area (Å²) in [5, 5.41) is 0. The lowest BCUT2D eigenvalue weighted by molar-refractivity contribution is 0.156. The Morgan fingerprint density at radius 3 is 2.00 bits per heavy atom. The van der Waals surface area contributed by atoms with Crippen LogP contribution in [0, 0.1) is 0 Å². The summed E-state index contributed by atoms with van der Waals surface area (Å²) in [7, 11) is 2.14. The number of hydrogen-bond acceptors (Lipinski definition) is 2. The van der Waals surface area contributed by atoms with Crippen LogP contribution in [0.15, 0.2) is 0 Å². The molecule has 2 saturated heterocycles. The van der Waals surface area contributed by atoms with Crippen LogP contribution in [0.3, 0.4) is 0 Å². The number of likely N-dealkylation sites (N-methyl/N-ethyl adjacent to an activating group) is 1. The van der Waals surface area contributed by atoms with Gasteiger partial charge in [-0.3, -0.25) is 0 Å². The molecule has 2 rings (SSSR count). The van der Waals surface area contributed by atoms with Crippen molar-refractivity contribution in [3.05, 3.63) is 0 Å². The van der Waals surface area contributed by atoms with Gasteiger partial charge in [-0.05, 0) is 32.9 Å². The van der Waals surface area contributed by atoms with E-state index in [-0.39, 0.29) is 6.03 Å². The summed E-state index contributed by atoms with van der Waals surface area (Å²) in [5.41, 5.74) is 0. The van der Waals surface area contributed by atoms with E-state index in [2.05, 4.69) is 21.7 Å². The first kappa shape index (κ1) is 12.7. The minimum absolute atomic E-state index is 0.280. The first-order valence-corrected chi connectivity index (χ1v) is 7.00. The minimum Gasteiger partial charge on any atom is -0.325 e. The number of likely N-dealkylation sites (tertiary alicyclic amines) is 1. The van der Waals surface area contributed by atoms with E-state index in [1.54, 1.807) is 0 Å². The van der Waals surface area contributed by atoms with Crippen LogP contribution in [-0.4, -0.2) is 67.0 Å². The van der Waals surface area contributed by atoms with Crippen molar-refractivity contribution in [1.29, 1.82) is 0 Å². The second-order valence-corrected chi connectivity index (χ2v) is 5.33. The number of amides is 2. The number of carbonyl (C=O) groups excluding carboxylic acids is 1. The van der Waals surface area contributed by atoms with E-state index in [0.29, 0.717) is 0 Å². The highest BCUT2D eigenvalue weighted by Gasteiger charge is 2.23. The Morgan fingerprint density at radius 1 is 0.706 bits per heavy atom. The second-order valence-electron chi connectivity index (χ2n) is 5.33. The molecule has 0 bridgehead atoms. The Kier molecular flexibility index (Phi) is 4.66. The number of carbonyl (C=O) groups is 1. The summed E-state index contributed by atoms with van der Waals surface area (Å²) in [6.45, 7) is 5.88. The lowest BCUT2D eigenvalue weighted by Crippen LogP contribution is -2.45. The molecule has 17 heavy (non-hydrogen) atoms. The van der Waals surface area contributed by atoms with Gasteiger partial charge in [-0.1, -0.05) is 12.8 Å². The third kappa shape index (κ3) is 3.60. The fourth-order valence-electron chi connectivity index (χ4n) is 2.70. The van der Waals surface area contributed by atoms with Gasteiger partial charge in [0.05, 0.1) is 0 Å². The van der Waals surface area contributed by atoms with E-state index in [0.717, 1.165) is 45.7 Å². The van der Waals surface area contributed by atoms with E-state index in [9.17, 15) is 4.79 Å². The van der Waals surface area contributed by atoms with Gasteiger partial charge in [0, 0.05) is 32.7 Å². The quantitative estimate of drug-likeness (QED) is 0.642. The lowest BCUT2D eigenvalue weighted by Gasteiger charge is -2.29. The van der Waals surface area contributed by atoms with Crippen LogP contribution in [0.1, 0.15) is 32.1 Å². The van der Waals surface area contributed by atoms with Gasteiger partial charge in [-0.15, -0.1) is 0 Å². The minimum atomic E-state index is 0.280. The maximum atomic E-state index is 12.4. The first-order chi connectivity index (χ1) is 8.27. The van der Waals surface area contributed by atoms with Gasteiger partial charge in [-0.2, -0.15) is 0 Å². The zero-order chi connectivity index (χ0) is 12.1. The average Bonchev–Trinajstić information content (AvgIpc) is 2.70. The molecule has 0 N–H and O–H groups in total. The van der Waals surface area contributed by atoms with E-state index >= 15 is 0 Å². The molecule has 4 nitrogen and oxygen atoms in total. The summed E-state index contributed by atoms with van der Waals surface area (Å²) >= 11 is 0. The van der Waals surface area contributed by atoms with Crippen molar-refractivity contribution in [1.82, 2.24) is 14.7 Å². The summed E-state index contributed by atoms with van der Waals surface area (Å²) in [5.74, 6) is 0. The van der Waals surface area contributed by atoms with Crippen molar-refractivity contribution >= 4 is 6.03 Å². The highest BCUT2D eigenvalue weighted by Crippen LogP contribution is 2.13. The highest BCUT2D eigenvalue weighted by atomic mass is 16.2. The van der Waals surface area contributed by atoms with E-state index in [4.69, 9.17) is 0 Å². The average molecular weight is 239 g/mol. The Hall–Kier alpha value is -0.770. The standard InChI is InChI=1S/C13H25N3O/c1-14-7-6-10-16(12-11-14)13(17)15-8-4-2-3-5-9-15/h2-12H2,1H3. The molecule has 2 amide bonds. The van der Waals surface area contributed by atoms with Crippen molar-refractivity contribution in [3.8, 4) is 0 Å². The molecule has 0 unspecified atom stereocenters. The number of rotatable bonds is 0. The van der Waals surface area contributed by atoms with Crippen molar-refractivity contribution < 1.29 is 4.79 Å². The van der Waals surface area contributed by atoms with Crippen LogP contribution < -0.4 is 0 Å². The van der Waals surface area contributed by atoms with Crippen molar-refractivity contribution in [2.24, 2.45) is 0 Å². The zero-order valence-electron chi connectivity index (χ0n) is 11.0. The highest BCUT2D eigenvalue weighted by molar-refractivity contribution is 5.74. The molecule has 0 radical (unpaired) electrons. The van der Waals surface area contributed by atoms with Crippen molar-refractivity contribution in [2.75, 3.05) is 46.3 Å². The monoisotopic (exact) mass is 239 g/mol. The van der Waals surface area contributed by atoms with E-state index in [1.807, 2.05) is 0 Å². The fourth-order valence-corrected chi connectivity index (χ4v) is 2.70. The molecule has 0 saturated carbocycles. The summed E-state index contributed by atoms with van der Waals surface area (Å²) in [6, 6.07) is 0.280. The first-order valence-electron chi connectivity index (χ1n) is 7.00. The van der Waals surface area contributed by atoms with Crippen LogP contribution in [-0.2, 0) is 0 Å². The lowest BCUT2D eigenvalue weighted by atomic mass is 10.2. The molecule has 2 aliphatic rings. The molecular weight excluding hydrogens is 214 g/mol. The Morgan fingerprint density at radius 2 is 1.29 bits per heavy atom. The number of hydrogen-bond donors (Lipinski definition) is 0. The predicted octanol–water partition coefficient (Wildman–Crippen LogP) is 1.62. The molecule has 4 heteroatoms. The van der Waals surface area contributed by atoms with Crippen molar-refractivity contribution in [3.63, 3.8) is 0 Å². The SMILES string of the molecule is CN1CCCN(C(=O)N2CCCCCC2)CC1. The maximum absolute atomic E-state index is 12.4. The van der Waals surface area contributed by atoms with Gasteiger partial charge >= 0.3 is 6.03 Å². The smallest absolute Gasteiger partial charge is 0.320 e. The van der Waals surface area contributed by atoms with Gasteiger partial charge in [-0.25, -0.2) is 4.79 Å². The molecule has 2 heterocycles. The zero-order valence-corrected chi connectivity index (χ0v) is 11.0. The summed E-state index contributed by atoms with van der Waals surface area (Å²) in [6.07, 6.45) is 6.04. The van der Waals surface area contributed by atoms with Crippen LogP contribution in [0.4, 0.5) is 4.79 Å². The largest absolute Gasteiger partial charge is 0.325 e. The molecule has 2 fully saturated rings.